The second kappa shape index (κ2) is 3.81. The highest BCUT2D eigenvalue weighted by Crippen LogP contribution is 2.06. The molecule has 0 unspecified atom stereocenters. The van der Waals surface area contributed by atoms with E-state index in [1.165, 1.54) is 0 Å². The maximum absolute atomic E-state index is 5.59. The van der Waals surface area contributed by atoms with Crippen molar-refractivity contribution in [3.8, 4) is 24.7 Å². The summed E-state index contributed by atoms with van der Waals surface area (Å²) in [6, 6.07) is 3.42. The zero-order valence-electron chi connectivity index (χ0n) is 6.34. The van der Waals surface area contributed by atoms with Crippen molar-refractivity contribution >= 4 is 11.6 Å². The van der Waals surface area contributed by atoms with E-state index in [9.17, 15) is 0 Å². The second-order valence-electron chi connectivity index (χ2n) is 2.15. The number of halogens is 1. The predicted octanol–water partition coefficient (Wildman–Crippen LogP) is 1.78. The van der Waals surface area contributed by atoms with E-state index in [1.54, 1.807) is 12.1 Å². The van der Waals surface area contributed by atoms with Crippen molar-refractivity contribution in [2.24, 2.45) is 0 Å². The van der Waals surface area contributed by atoms with Crippen LogP contribution >= 0.6 is 11.6 Å². The first-order valence-electron chi connectivity index (χ1n) is 3.30. The third-order valence-corrected chi connectivity index (χ3v) is 1.60. The second-order valence-corrected chi connectivity index (χ2v) is 2.42. The molecule has 1 aromatic rings. The van der Waals surface area contributed by atoms with Crippen molar-refractivity contribution in [3.63, 3.8) is 0 Å². The summed E-state index contributed by atoms with van der Waals surface area (Å²) < 4.78 is 0. The van der Waals surface area contributed by atoms with Gasteiger partial charge in [-0.25, -0.2) is 4.98 Å². The fourth-order valence-electron chi connectivity index (χ4n) is 0.813. The van der Waals surface area contributed by atoms with Crippen molar-refractivity contribution in [3.05, 3.63) is 29.1 Å². The Morgan fingerprint density at radius 3 is 2.58 bits per heavy atom. The Morgan fingerprint density at radius 2 is 2.08 bits per heavy atom. The first-order valence-corrected chi connectivity index (χ1v) is 3.83. The monoisotopic (exact) mass is 175 g/mol. The molecule has 0 saturated carbocycles. The van der Waals surface area contributed by atoms with E-state index < -0.39 is 0 Å². The van der Waals surface area contributed by atoms with Crippen LogP contribution < -0.4 is 0 Å². The highest BCUT2D eigenvalue weighted by molar-refractivity contribution is 6.16. The summed E-state index contributed by atoms with van der Waals surface area (Å²) in [6.45, 7) is 0. The Kier molecular flexibility index (Phi) is 2.75. The van der Waals surface area contributed by atoms with Gasteiger partial charge in [0.05, 0.1) is 11.6 Å². The van der Waals surface area contributed by atoms with Crippen molar-refractivity contribution < 1.29 is 0 Å². The lowest BCUT2D eigenvalue weighted by Gasteiger charge is -1.97. The van der Waals surface area contributed by atoms with E-state index in [4.69, 9.17) is 24.4 Å². The number of aromatic nitrogens is 1. The third kappa shape index (κ3) is 1.78. The third-order valence-electron chi connectivity index (χ3n) is 1.33. The molecule has 1 rings (SSSR count). The van der Waals surface area contributed by atoms with E-state index in [1.807, 2.05) is 0 Å². The maximum Gasteiger partial charge on any atom is 0.114 e. The zero-order chi connectivity index (χ0) is 8.97. The van der Waals surface area contributed by atoms with Gasteiger partial charge in [-0.1, -0.05) is 11.8 Å². The van der Waals surface area contributed by atoms with Crippen LogP contribution in [0.2, 0.25) is 0 Å². The van der Waals surface area contributed by atoms with E-state index >= 15 is 0 Å². The lowest BCUT2D eigenvalue weighted by Crippen LogP contribution is -1.91. The largest absolute Gasteiger partial charge is 0.243 e. The summed E-state index contributed by atoms with van der Waals surface area (Å²) in [4.78, 5) is 4.05. The van der Waals surface area contributed by atoms with Crippen LogP contribution in [-0.4, -0.2) is 4.98 Å². The molecule has 0 fully saturated rings. The quantitative estimate of drug-likeness (QED) is 0.469. The first kappa shape index (κ1) is 8.65. The van der Waals surface area contributed by atoms with E-state index in [-0.39, 0.29) is 0 Å². The minimum atomic E-state index is 0.324. The predicted molar refractivity (Wildman–Crippen MR) is 49.7 cm³/mol. The van der Waals surface area contributed by atoms with Crippen LogP contribution in [0, 0.1) is 24.7 Å². The van der Waals surface area contributed by atoms with E-state index in [0.717, 1.165) is 0 Å². The van der Waals surface area contributed by atoms with Gasteiger partial charge < -0.3 is 0 Å². The van der Waals surface area contributed by atoms with Gasteiger partial charge in [-0.2, -0.15) is 0 Å². The Balaban J connectivity index is 3.24. The number of hydrogen-bond donors (Lipinski definition) is 0. The molecule has 0 atom stereocenters. The lowest BCUT2D eigenvalue weighted by molar-refractivity contribution is 1.14. The van der Waals surface area contributed by atoms with Gasteiger partial charge in [0.25, 0.3) is 0 Å². The average molecular weight is 176 g/mol. The maximum atomic E-state index is 5.59. The number of terminal acetylenes is 2. The number of rotatable bonds is 1. The fraction of sp³-hybridized carbons (Fsp3) is 0.100. The van der Waals surface area contributed by atoms with Crippen molar-refractivity contribution in [2.75, 3.05) is 0 Å². The van der Waals surface area contributed by atoms with Gasteiger partial charge in [0.1, 0.15) is 5.69 Å². The Labute approximate surface area is 76.8 Å². The zero-order valence-corrected chi connectivity index (χ0v) is 7.10. The summed E-state index contributed by atoms with van der Waals surface area (Å²) in [5.74, 6) is 5.22. The van der Waals surface area contributed by atoms with Crippen LogP contribution in [0.4, 0.5) is 0 Å². The van der Waals surface area contributed by atoms with E-state index in [0.29, 0.717) is 22.8 Å². The Hall–Kier alpha value is -1.44. The van der Waals surface area contributed by atoms with Crippen LogP contribution in [0.25, 0.3) is 0 Å². The first-order chi connectivity index (χ1) is 5.80. The minimum Gasteiger partial charge on any atom is -0.243 e. The molecule has 12 heavy (non-hydrogen) atoms. The molecular formula is C10H6ClN. The number of pyridine rings is 1. The van der Waals surface area contributed by atoms with Crippen LogP contribution in [0.1, 0.15) is 17.0 Å². The van der Waals surface area contributed by atoms with Crippen molar-refractivity contribution in [2.45, 2.75) is 5.88 Å². The number of nitrogens with zero attached hydrogens (tertiary/aromatic N) is 1. The van der Waals surface area contributed by atoms with Crippen molar-refractivity contribution in [1.82, 2.24) is 4.98 Å². The van der Waals surface area contributed by atoms with Crippen LogP contribution in [0.3, 0.4) is 0 Å². The molecule has 58 valence electrons. The summed E-state index contributed by atoms with van der Waals surface area (Å²) in [5, 5.41) is 0. The molecule has 0 aliphatic carbocycles. The SMILES string of the molecule is C#Cc1cc(C#C)nc(CCl)c1. The molecule has 1 heterocycles. The highest BCUT2D eigenvalue weighted by atomic mass is 35.5. The smallest absolute Gasteiger partial charge is 0.114 e. The molecule has 1 nitrogen and oxygen atoms in total. The molecule has 0 radical (unpaired) electrons. The Bertz CT molecular complexity index is 336. The summed E-state index contributed by atoms with van der Waals surface area (Å²) in [7, 11) is 0. The van der Waals surface area contributed by atoms with Gasteiger partial charge in [-0.3, -0.25) is 0 Å². The summed E-state index contributed by atoms with van der Waals surface area (Å²) in [5.41, 5.74) is 1.95. The summed E-state index contributed by atoms with van der Waals surface area (Å²) >= 11 is 5.59. The molecule has 0 bridgehead atoms. The Morgan fingerprint density at radius 1 is 1.33 bits per heavy atom. The molecular weight excluding hydrogens is 170 g/mol. The molecule has 0 aliphatic rings. The molecule has 1 aromatic heterocycles. The molecule has 2 heteroatoms. The molecule has 0 N–H and O–H groups in total. The molecule has 0 spiro atoms. The van der Waals surface area contributed by atoms with Crippen molar-refractivity contribution in [1.29, 1.82) is 0 Å². The van der Waals surface area contributed by atoms with Gasteiger partial charge in [-0.15, -0.1) is 24.4 Å². The van der Waals surface area contributed by atoms with Gasteiger partial charge in [0.15, 0.2) is 0 Å². The lowest BCUT2D eigenvalue weighted by atomic mass is 10.2. The van der Waals surface area contributed by atoms with Crippen LogP contribution in [0.15, 0.2) is 12.1 Å². The molecule has 0 aliphatic heterocycles. The number of alkyl halides is 1. The standard InChI is InChI=1S/C10H6ClN/c1-3-8-5-9(4-2)12-10(6-8)7-11/h1-2,5-6H,7H2. The van der Waals surface area contributed by atoms with Gasteiger partial charge in [0.2, 0.25) is 0 Å². The fourth-order valence-corrected chi connectivity index (χ4v) is 0.950. The van der Waals surface area contributed by atoms with Crippen LogP contribution in [0.5, 0.6) is 0 Å². The molecule has 0 saturated heterocycles. The normalized spacial score (nSPS) is 8.58. The average Bonchev–Trinajstić information content (AvgIpc) is 2.16. The van der Waals surface area contributed by atoms with Gasteiger partial charge >= 0.3 is 0 Å². The number of hydrogen-bond acceptors (Lipinski definition) is 1. The van der Waals surface area contributed by atoms with E-state index in [2.05, 4.69) is 16.8 Å². The van der Waals surface area contributed by atoms with Gasteiger partial charge in [0, 0.05) is 5.56 Å². The molecule has 0 amide bonds. The van der Waals surface area contributed by atoms with Crippen LogP contribution in [-0.2, 0) is 5.88 Å². The highest BCUT2D eigenvalue weighted by Gasteiger charge is 1.97. The van der Waals surface area contributed by atoms with Gasteiger partial charge in [-0.05, 0) is 12.1 Å². The summed E-state index contributed by atoms with van der Waals surface area (Å²) in [6.07, 6.45) is 10.4. The molecule has 0 aromatic carbocycles. The topological polar surface area (TPSA) is 12.9 Å². The minimum absolute atomic E-state index is 0.324.